The summed E-state index contributed by atoms with van der Waals surface area (Å²) in [6.07, 6.45) is 1.13. The van der Waals surface area contributed by atoms with E-state index in [0.717, 1.165) is 17.1 Å². The first-order valence-corrected chi connectivity index (χ1v) is 6.33. The van der Waals surface area contributed by atoms with Crippen LogP contribution in [0.15, 0.2) is 23.1 Å². The van der Waals surface area contributed by atoms with Gasteiger partial charge in [0, 0.05) is 17.0 Å². The number of hydrogen-bond donors (Lipinski definition) is 1. The van der Waals surface area contributed by atoms with E-state index in [4.69, 9.17) is 0 Å². The molecule has 0 aromatic heterocycles. The third kappa shape index (κ3) is 2.52. The Morgan fingerprint density at radius 3 is 3.00 bits per heavy atom. The van der Waals surface area contributed by atoms with Crippen LogP contribution in [-0.4, -0.2) is 11.8 Å². The van der Waals surface area contributed by atoms with Crippen molar-refractivity contribution in [2.45, 2.75) is 37.2 Å². The lowest BCUT2D eigenvalue weighted by atomic mass is 10.0. The van der Waals surface area contributed by atoms with Gasteiger partial charge in [-0.25, -0.2) is 4.39 Å². The number of fused-ring (bicyclic) bond motifs is 1. The Morgan fingerprint density at radius 2 is 2.27 bits per heavy atom. The second-order valence-electron chi connectivity index (χ2n) is 4.19. The van der Waals surface area contributed by atoms with E-state index in [-0.39, 0.29) is 5.82 Å². The highest BCUT2D eigenvalue weighted by Crippen LogP contribution is 2.36. The molecule has 0 saturated heterocycles. The average Bonchev–Trinajstić information content (AvgIpc) is 2.16. The smallest absolute Gasteiger partial charge is 0.124 e. The van der Waals surface area contributed by atoms with Gasteiger partial charge in [0.15, 0.2) is 0 Å². The molecule has 1 N–H and O–H groups in total. The van der Waals surface area contributed by atoms with Crippen LogP contribution in [0.4, 0.5) is 4.39 Å². The van der Waals surface area contributed by atoms with Gasteiger partial charge in [-0.15, -0.1) is 11.8 Å². The third-order valence-electron chi connectivity index (χ3n) is 2.55. The topological polar surface area (TPSA) is 12.0 Å². The summed E-state index contributed by atoms with van der Waals surface area (Å²) in [6, 6.07) is 5.97. The molecule has 1 aliphatic rings. The van der Waals surface area contributed by atoms with Gasteiger partial charge in [0.1, 0.15) is 5.82 Å². The van der Waals surface area contributed by atoms with Crippen molar-refractivity contribution in [1.29, 1.82) is 0 Å². The summed E-state index contributed by atoms with van der Waals surface area (Å²) in [5.74, 6) is 0.937. The maximum absolute atomic E-state index is 13.1. The normalized spacial score (nSPS) is 20.4. The summed E-state index contributed by atoms with van der Waals surface area (Å²) >= 11 is 1.75. The van der Waals surface area contributed by atoms with Crippen molar-refractivity contribution in [3.05, 3.63) is 29.6 Å². The molecule has 1 aromatic rings. The van der Waals surface area contributed by atoms with E-state index in [1.54, 1.807) is 23.9 Å². The lowest BCUT2D eigenvalue weighted by molar-refractivity contribution is 0.458. The molecule has 0 fully saturated rings. The van der Waals surface area contributed by atoms with E-state index in [1.807, 2.05) is 6.07 Å². The average molecular weight is 225 g/mol. The summed E-state index contributed by atoms with van der Waals surface area (Å²) in [5, 5.41) is 3.52. The van der Waals surface area contributed by atoms with Gasteiger partial charge in [-0.3, -0.25) is 0 Å². The van der Waals surface area contributed by atoms with Gasteiger partial charge in [0.2, 0.25) is 0 Å². The lowest BCUT2D eigenvalue weighted by Crippen LogP contribution is -2.30. The van der Waals surface area contributed by atoms with Crippen molar-refractivity contribution >= 4 is 11.8 Å². The molecule has 0 spiro atoms. The first-order valence-electron chi connectivity index (χ1n) is 5.35. The largest absolute Gasteiger partial charge is 0.308 e. The Kier molecular flexibility index (Phi) is 3.32. The number of benzene rings is 1. The van der Waals surface area contributed by atoms with Crippen LogP contribution in [0, 0.1) is 5.82 Å². The molecule has 2 rings (SSSR count). The van der Waals surface area contributed by atoms with Crippen LogP contribution in [0.1, 0.15) is 31.9 Å². The Morgan fingerprint density at radius 1 is 1.47 bits per heavy atom. The predicted octanol–water partition coefficient (Wildman–Crippen LogP) is 3.36. The Balaban J connectivity index is 2.26. The molecule has 0 radical (unpaired) electrons. The molecule has 15 heavy (non-hydrogen) atoms. The maximum Gasteiger partial charge on any atom is 0.124 e. The van der Waals surface area contributed by atoms with Gasteiger partial charge in [-0.05, 0) is 29.9 Å². The monoisotopic (exact) mass is 225 g/mol. The van der Waals surface area contributed by atoms with E-state index in [9.17, 15) is 4.39 Å². The fourth-order valence-electron chi connectivity index (χ4n) is 1.94. The van der Waals surface area contributed by atoms with E-state index in [0.29, 0.717) is 12.1 Å². The zero-order valence-electron chi connectivity index (χ0n) is 9.09. The molecule has 0 aliphatic carbocycles. The van der Waals surface area contributed by atoms with E-state index >= 15 is 0 Å². The Hall–Kier alpha value is -0.540. The van der Waals surface area contributed by atoms with Gasteiger partial charge in [0.05, 0.1) is 0 Å². The standard InChI is InChI=1S/C12H16FNS/c1-8(2)14-11-5-6-15-12-7-9(13)3-4-10(11)12/h3-4,7-8,11,14H,5-6H2,1-2H3. The van der Waals surface area contributed by atoms with Crippen LogP contribution in [0.2, 0.25) is 0 Å². The van der Waals surface area contributed by atoms with Crippen molar-refractivity contribution in [3.63, 3.8) is 0 Å². The van der Waals surface area contributed by atoms with Crippen LogP contribution in [0.25, 0.3) is 0 Å². The van der Waals surface area contributed by atoms with Crippen LogP contribution >= 0.6 is 11.8 Å². The second kappa shape index (κ2) is 4.54. The number of nitrogens with one attached hydrogen (secondary N) is 1. The highest BCUT2D eigenvalue weighted by molar-refractivity contribution is 7.99. The zero-order chi connectivity index (χ0) is 10.8. The molecule has 0 saturated carbocycles. The lowest BCUT2D eigenvalue weighted by Gasteiger charge is -2.27. The van der Waals surface area contributed by atoms with Crippen molar-refractivity contribution in [2.24, 2.45) is 0 Å². The van der Waals surface area contributed by atoms with Crippen molar-refractivity contribution in [1.82, 2.24) is 5.32 Å². The number of rotatable bonds is 2. The first kappa shape index (κ1) is 11.0. The van der Waals surface area contributed by atoms with Crippen LogP contribution in [0.3, 0.4) is 0 Å². The van der Waals surface area contributed by atoms with Gasteiger partial charge >= 0.3 is 0 Å². The molecular formula is C12H16FNS. The van der Waals surface area contributed by atoms with Crippen LogP contribution in [-0.2, 0) is 0 Å². The van der Waals surface area contributed by atoms with E-state index in [2.05, 4.69) is 19.2 Å². The summed E-state index contributed by atoms with van der Waals surface area (Å²) in [7, 11) is 0. The minimum atomic E-state index is -0.133. The molecule has 0 amide bonds. The van der Waals surface area contributed by atoms with Gasteiger partial charge in [-0.1, -0.05) is 19.9 Å². The predicted molar refractivity (Wildman–Crippen MR) is 62.8 cm³/mol. The van der Waals surface area contributed by atoms with Crippen LogP contribution in [0.5, 0.6) is 0 Å². The van der Waals surface area contributed by atoms with Crippen LogP contribution < -0.4 is 5.32 Å². The minimum absolute atomic E-state index is 0.133. The summed E-state index contributed by atoms with van der Waals surface area (Å²) in [6.45, 7) is 4.29. The van der Waals surface area contributed by atoms with E-state index < -0.39 is 0 Å². The third-order valence-corrected chi connectivity index (χ3v) is 3.65. The molecule has 1 aliphatic heterocycles. The quantitative estimate of drug-likeness (QED) is 0.828. The van der Waals surface area contributed by atoms with Gasteiger partial charge in [0.25, 0.3) is 0 Å². The summed E-state index contributed by atoms with van der Waals surface area (Å²) in [5.41, 5.74) is 1.25. The summed E-state index contributed by atoms with van der Waals surface area (Å²) < 4.78 is 13.1. The molecule has 1 unspecified atom stereocenters. The number of halogens is 1. The van der Waals surface area contributed by atoms with Crippen molar-refractivity contribution in [2.75, 3.05) is 5.75 Å². The van der Waals surface area contributed by atoms with Gasteiger partial charge in [-0.2, -0.15) is 0 Å². The van der Waals surface area contributed by atoms with Crippen molar-refractivity contribution < 1.29 is 4.39 Å². The molecule has 1 heterocycles. The Labute approximate surface area is 94.5 Å². The van der Waals surface area contributed by atoms with E-state index in [1.165, 1.54) is 5.56 Å². The highest BCUT2D eigenvalue weighted by atomic mass is 32.2. The number of hydrogen-bond acceptors (Lipinski definition) is 2. The highest BCUT2D eigenvalue weighted by Gasteiger charge is 2.21. The van der Waals surface area contributed by atoms with Gasteiger partial charge < -0.3 is 5.32 Å². The molecule has 1 aromatic carbocycles. The Bertz CT molecular complexity index is 351. The SMILES string of the molecule is CC(C)NC1CCSc2cc(F)ccc21. The fraction of sp³-hybridized carbons (Fsp3) is 0.500. The summed E-state index contributed by atoms with van der Waals surface area (Å²) in [4.78, 5) is 1.10. The van der Waals surface area contributed by atoms with Crippen molar-refractivity contribution in [3.8, 4) is 0 Å². The molecular weight excluding hydrogens is 209 g/mol. The second-order valence-corrected chi connectivity index (χ2v) is 5.33. The molecule has 1 nitrogen and oxygen atoms in total. The molecule has 82 valence electrons. The maximum atomic E-state index is 13.1. The number of thioether (sulfide) groups is 1. The first-order chi connectivity index (χ1) is 7.16. The molecule has 3 heteroatoms. The molecule has 0 bridgehead atoms. The molecule has 1 atom stereocenters. The minimum Gasteiger partial charge on any atom is -0.308 e. The fourth-order valence-corrected chi connectivity index (χ4v) is 3.09. The zero-order valence-corrected chi connectivity index (χ0v) is 9.90.